The molecule has 0 saturated carbocycles. The minimum atomic E-state index is -1.13. The van der Waals surface area contributed by atoms with Gasteiger partial charge in [0, 0.05) is 33.0 Å². The summed E-state index contributed by atoms with van der Waals surface area (Å²) in [6.07, 6.45) is 5.87. The van der Waals surface area contributed by atoms with Gasteiger partial charge in [0.25, 0.3) is 0 Å². The lowest BCUT2D eigenvalue weighted by atomic mass is 9.70. The van der Waals surface area contributed by atoms with E-state index in [-0.39, 0.29) is 5.97 Å². The summed E-state index contributed by atoms with van der Waals surface area (Å²) >= 11 is 0. The molecule has 1 atom stereocenters. The number of H-pyrrole nitrogens is 1. The minimum absolute atomic E-state index is 0.345. The first-order valence-corrected chi connectivity index (χ1v) is 9.91. The lowest BCUT2D eigenvalue weighted by Crippen LogP contribution is -2.44. The zero-order valence-corrected chi connectivity index (χ0v) is 16.3. The standard InChI is InChI=1S/C26H18N2O2/c1-30-25(29)26(15-7-11-19-17-9-3-5-14-22(17)28-24(19)26)20-12-6-10-18-16-8-2-4-13-21(16)27-23(18)20/h2-15,27H,1H3. The number of aromatic amines is 1. The molecular formula is C26H18N2O2. The SMILES string of the molecule is COC(=O)C1(c2cccc3c2[nH]c2ccccc23)C=CC=C2C1=Nc1ccccc12. The van der Waals surface area contributed by atoms with Crippen LogP contribution in [-0.2, 0) is 14.9 Å². The van der Waals surface area contributed by atoms with Crippen LogP contribution in [0.5, 0.6) is 0 Å². The fourth-order valence-corrected chi connectivity index (χ4v) is 4.80. The van der Waals surface area contributed by atoms with Crippen molar-refractivity contribution >= 4 is 44.7 Å². The fraction of sp³-hybridized carbons (Fsp3) is 0.0769. The molecule has 0 fully saturated rings. The highest BCUT2D eigenvalue weighted by Crippen LogP contribution is 2.47. The number of hydrogen-bond donors (Lipinski definition) is 1. The van der Waals surface area contributed by atoms with E-state index in [1.54, 1.807) is 0 Å². The Morgan fingerprint density at radius 2 is 1.77 bits per heavy atom. The Hall–Kier alpha value is -3.92. The molecule has 1 N–H and O–H groups in total. The molecule has 144 valence electrons. The number of carbonyl (C=O) groups excluding carboxylic acids is 1. The van der Waals surface area contributed by atoms with Crippen LogP contribution in [0.25, 0.3) is 27.4 Å². The van der Waals surface area contributed by atoms with Crippen molar-refractivity contribution in [1.29, 1.82) is 0 Å². The smallest absolute Gasteiger partial charge is 0.326 e. The number of esters is 1. The number of carbonyl (C=O) groups is 1. The normalized spacial score (nSPS) is 19.4. The molecule has 0 saturated heterocycles. The summed E-state index contributed by atoms with van der Waals surface area (Å²) in [5.74, 6) is -0.345. The van der Waals surface area contributed by atoms with Crippen LogP contribution in [0.1, 0.15) is 11.1 Å². The Labute approximate surface area is 173 Å². The molecule has 30 heavy (non-hydrogen) atoms. The largest absolute Gasteiger partial charge is 0.468 e. The number of benzene rings is 3. The number of allylic oxidation sites excluding steroid dienone is 3. The lowest BCUT2D eigenvalue weighted by Gasteiger charge is -2.31. The lowest BCUT2D eigenvalue weighted by molar-refractivity contribution is -0.143. The number of para-hydroxylation sites is 3. The van der Waals surface area contributed by atoms with Gasteiger partial charge in [-0.15, -0.1) is 0 Å². The van der Waals surface area contributed by atoms with E-state index in [0.717, 1.165) is 44.2 Å². The van der Waals surface area contributed by atoms with Gasteiger partial charge in [-0.05, 0) is 12.1 Å². The first-order valence-electron chi connectivity index (χ1n) is 9.91. The molecule has 1 aromatic heterocycles. The van der Waals surface area contributed by atoms with Crippen LogP contribution in [-0.4, -0.2) is 23.8 Å². The molecule has 4 aromatic rings. The highest BCUT2D eigenvalue weighted by atomic mass is 16.5. The molecule has 1 unspecified atom stereocenters. The summed E-state index contributed by atoms with van der Waals surface area (Å²) in [7, 11) is 1.43. The number of nitrogens with one attached hydrogen (secondary N) is 1. The van der Waals surface area contributed by atoms with Crippen LogP contribution >= 0.6 is 0 Å². The quantitative estimate of drug-likeness (QED) is 0.461. The molecule has 0 radical (unpaired) electrons. The third-order valence-corrected chi connectivity index (χ3v) is 6.14. The molecule has 0 amide bonds. The highest BCUT2D eigenvalue weighted by Gasteiger charge is 2.50. The van der Waals surface area contributed by atoms with Gasteiger partial charge in [0.05, 0.1) is 24.0 Å². The van der Waals surface area contributed by atoms with E-state index in [1.165, 1.54) is 7.11 Å². The zero-order chi connectivity index (χ0) is 20.3. The Bertz CT molecular complexity index is 1450. The van der Waals surface area contributed by atoms with Crippen molar-refractivity contribution in [2.24, 2.45) is 4.99 Å². The van der Waals surface area contributed by atoms with Crippen LogP contribution in [0, 0.1) is 0 Å². The highest BCUT2D eigenvalue weighted by molar-refractivity contribution is 6.40. The summed E-state index contributed by atoms with van der Waals surface area (Å²) in [5, 5.41) is 2.20. The first-order chi connectivity index (χ1) is 14.7. The summed E-state index contributed by atoms with van der Waals surface area (Å²) < 4.78 is 5.37. The number of ether oxygens (including phenoxy) is 1. The number of fused-ring (bicyclic) bond motifs is 6. The van der Waals surface area contributed by atoms with Crippen LogP contribution in [0.15, 0.2) is 90.0 Å². The molecule has 6 rings (SSSR count). The van der Waals surface area contributed by atoms with Crippen molar-refractivity contribution in [3.8, 4) is 0 Å². The number of hydrogen-bond acceptors (Lipinski definition) is 3. The second-order valence-corrected chi connectivity index (χ2v) is 7.62. The van der Waals surface area contributed by atoms with Gasteiger partial charge in [-0.3, -0.25) is 9.79 Å². The van der Waals surface area contributed by atoms with Gasteiger partial charge in [-0.2, -0.15) is 0 Å². The van der Waals surface area contributed by atoms with Crippen LogP contribution < -0.4 is 0 Å². The van der Waals surface area contributed by atoms with Crippen LogP contribution in [0.2, 0.25) is 0 Å². The van der Waals surface area contributed by atoms with Gasteiger partial charge in [-0.25, -0.2) is 0 Å². The van der Waals surface area contributed by atoms with E-state index in [0.29, 0.717) is 5.71 Å². The number of methoxy groups -OCH3 is 1. The molecule has 0 spiro atoms. The van der Waals surface area contributed by atoms with E-state index in [4.69, 9.17) is 9.73 Å². The van der Waals surface area contributed by atoms with Crippen molar-refractivity contribution in [3.05, 3.63) is 96.1 Å². The van der Waals surface area contributed by atoms with E-state index >= 15 is 0 Å². The Morgan fingerprint density at radius 1 is 0.967 bits per heavy atom. The fourth-order valence-electron chi connectivity index (χ4n) is 4.80. The number of rotatable bonds is 2. The van der Waals surface area contributed by atoms with Gasteiger partial charge in [0.15, 0.2) is 5.41 Å². The average Bonchev–Trinajstić information content (AvgIpc) is 3.37. The summed E-state index contributed by atoms with van der Waals surface area (Å²) in [5.41, 5.74) is 5.26. The van der Waals surface area contributed by atoms with Crippen LogP contribution in [0.3, 0.4) is 0 Å². The van der Waals surface area contributed by atoms with Crippen molar-refractivity contribution in [1.82, 2.24) is 4.98 Å². The molecule has 1 aliphatic carbocycles. The van der Waals surface area contributed by atoms with Gasteiger partial charge in [0.1, 0.15) is 0 Å². The van der Waals surface area contributed by atoms with Crippen LogP contribution in [0.4, 0.5) is 5.69 Å². The second-order valence-electron chi connectivity index (χ2n) is 7.62. The molecule has 2 heterocycles. The van der Waals surface area contributed by atoms with Gasteiger partial charge in [-0.1, -0.05) is 72.8 Å². The first kappa shape index (κ1) is 17.0. The maximum absolute atomic E-state index is 13.4. The van der Waals surface area contributed by atoms with Crippen molar-refractivity contribution < 1.29 is 9.53 Å². The van der Waals surface area contributed by atoms with E-state index < -0.39 is 5.41 Å². The monoisotopic (exact) mass is 390 g/mol. The number of aliphatic imine (C=N–C) groups is 1. The third kappa shape index (κ3) is 2.05. The number of aromatic nitrogens is 1. The topological polar surface area (TPSA) is 54.5 Å². The summed E-state index contributed by atoms with van der Waals surface area (Å²) in [6, 6.07) is 22.2. The predicted octanol–water partition coefficient (Wildman–Crippen LogP) is 5.47. The number of nitrogens with zero attached hydrogens (tertiary/aromatic N) is 1. The molecule has 2 aliphatic rings. The third-order valence-electron chi connectivity index (χ3n) is 6.14. The predicted molar refractivity (Wildman–Crippen MR) is 120 cm³/mol. The molecule has 3 aromatic carbocycles. The maximum Gasteiger partial charge on any atom is 0.326 e. The second kappa shape index (κ2) is 6.04. The maximum atomic E-state index is 13.4. The van der Waals surface area contributed by atoms with Gasteiger partial charge >= 0.3 is 5.97 Å². The van der Waals surface area contributed by atoms with E-state index in [2.05, 4.69) is 23.2 Å². The van der Waals surface area contributed by atoms with Crippen molar-refractivity contribution in [3.63, 3.8) is 0 Å². The summed E-state index contributed by atoms with van der Waals surface area (Å²) in [4.78, 5) is 21.9. The minimum Gasteiger partial charge on any atom is -0.468 e. The van der Waals surface area contributed by atoms with Crippen molar-refractivity contribution in [2.45, 2.75) is 5.41 Å². The van der Waals surface area contributed by atoms with E-state index in [1.807, 2.05) is 66.8 Å². The molecule has 1 aliphatic heterocycles. The Kier molecular flexibility index (Phi) is 3.42. The van der Waals surface area contributed by atoms with E-state index in [9.17, 15) is 4.79 Å². The molecule has 0 bridgehead atoms. The summed E-state index contributed by atoms with van der Waals surface area (Å²) in [6.45, 7) is 0. The Morgan fingerprint density at radius 3 is 2.67 bits per heavy atom. The van der Waals surface area contributed by atoms with Gasteiger partial charge in [0.2, 0.25) is 0 Å². The molecule has 4 heteroatoms. The van der Waals surface area contributed by atoms with Gasteiger partial charge < -0.3 is 9.72 Å². The Balaban J connectivity index is 1.70. The molecule has 4 nitrogen and oxygen atoms in total. The zero-order valence-electron chi connectivity index (χ0n) is 16.3. The van der Waals surface area contributed by atoms with Crippen molar-refractivity contribution in [2.75, 3.05) is 7.11 Å². The molecular weight excluding hydrogens is 372 g/mol. The average molecular weight is 390 g/mol.